The summed E-state index contributed by atoms with van der Waals surface area (Å²) in [5.74, 6) is 0.352. The first-order valence-electron chi connectivity index (χ1n) is 5.84. The first-order chi connectivity index (χ1) is 8.16. The smallest absolute Gasteiger partial charge is 0.251 e. The van der Waals surface area contributed by atoms with E-state index in [0.717, 1.165) is 19.3 Å². The van der Waals surface area contributed by atoms with Crippen LogP contribution >= 0.6 is 23.2 Å². The molecule has 0 radical (unpaired) electrons. The van der Waals surface area contributed by atoms with Gasteiger partial charge in [0, 0.05) is 22.5 Å². The second-order valence-corrected chi connectivity index (χ2v) is 5.42. The van der Waals surface area contributed by atoms with Crippen molar-refractivity contribution in [2.24, 2.45) is 5.92 Å². The lowest BCUT2D eigenvalue weighted by atomic mass is 10.1. The number of rotatable bonds is 3. The number of benzene rings is 1. The van der Waals surface area contributed by atoms with Crippen molar-refractivity contribution in [2.45, 2.75) is 24.6 Å². The van der Waals surface area contributed by atoms with E-state index in [9.17, 15) is 4.79 Å². The standard InChI is InChI=1S/C13H15Cl2NO/c14-11-6-4-9(5-7-11)13(17)16-8-10-2-1-3-12(10)15/h4-7,10,12H,1-3,8H2,(H,16,17). The van der Waals surface area contributed by atoms with Gasteiger partial charge in [0.25, 0.3) is 5.91 Å². The first-order valence-corrected chi connectivity index (χ1v) is 6.66. The molecule has 92 valence electrons. The molecule has 0 bridgehead atoms. The minimum absolute atomic E-state index is 0.0579. The van der Waals surface area contributed by atoms with Crippen LogP contribution < -0.4 is 5.32 Å². The van der Waals surface area contributed by atoms with Crippen LogP contribution in [0, 0.1) is 5.92 Å². The average molecular weight is 272 g/mol. The Hall–Kier alpha value is -0.730. The SMILES string of the molecule is O=C(NCC1CCCC1Cl)c1ccc(Cl)cc1. The van der Waals surface area contributed by atoms with Crippen LogP contribution in [0.2, 0.25) is 5.02 Å². The Labute approximate surface area is 111 Å². The molecule has 1 aliphatic carbocycles. The minimum atomic E-state index is -0.0579. The van der Waals surface area contributed by atoms with E-state index in [0.29, 0.717) is 23.0 Å². The van der Waals surface area contributed by atoms with Crippen LogP contribution in [-0.4, -0.2) is 17.8 Å². The maximum absolute atomic E-state index is 11.8. The van der Waals surface area contributed by atoms with Gasteiger partial charge in [0.15, 0.2) is 0 Å². The normalized spacial score (nSPS) is 23.6. The van der Waals surface area contributed by atoms with E-state index >= 15 is 0 Å². The summed E-state index contributed by atoms with van der Waals surface area (Å²) < 4.78 is 0. The largest absolute Gasteiger partial charge is 0.352 e. The quantitative estimate of drug-likeness (QED) is 0.838. The predicted molar refractivity (Wildman–Crippen MR) is 70.8 cm³/mol. The molecule has 1 N–H and O–H groups in total. The molecule has 1 amide bonds. The van der Waals surface area contributed by atoms with Gasteiger partial charge in [0.05, 0.1) is 0 Å². The fourth-order valence-corrected chi connectivity index (χ4v) is 2.64. The topological polar surface area (TPSA) is 29.1 Å². The summed E-state index contributed by atoms with van der Waals surface area (Å²) in [6.45, 7) is 0.662. The van der Waals surface area contributed by atoms with Crippen molar-refractivity contribution in [3.05, 3.63) is 34.9 Å². The van der Waals surface area contributed by atoms with Gasteiger partial charge in [-0.2, -0.15) is 0 Å². The Morgan fingerprint density at radius 2 is 2.00 bits per heavy atom. The summed E-state index contributed by atoms with van der Waals surface area (Å²) in [6, 6.07) is 6.89. The monoisotopic (exact) mass is 271 g/mol. The molecule has 1 saturated carbocycles. The Kier molecular flexibility index (Phi) is 4.30. The van der Waals surface area contributed by atoms with Gasteiger partial charge in [-0.25, -0.2) is 0 Å². The zero-order valence-corrected chi connectivity index (χ0v) is 11.0. The number of halogens is 2. The zero-order chi connectivity index (χ0) is 12.3. The molecule has 0 spiro atoms. The van der Waals surface area contributed by atoms with Gasteiger partial charge in [0.1, 0.15) is 0 Å². The second kappa shape index (κ2) is 5.74. The van der Waals surface area contributed by atoms with Crippen molar-refractivity contribution in [1.29, 1.82) is 0 Å². The van der Waals surface area contributed by atoms with Crippen LogP contribution in [-0.2, 0) is 0 Å². The third-order valence-corrected chi connectivity index (χ3v) is 4.02. The highest BCUT2D eigenvalue weighted by atomic mass is 35.5. The van der Waals surface area contributed by atoms with Crippen LogP contribution in [0.1, 0.15) is 29.6 Å². The number of hydrogen-bond acceptors (Lipinski definition) is 1. The van der Waals surface area contributed by atoms with Crippen molar-refractivity contribution in [3.8, 4) is 0 Å². The number of hydrogen-bond donors (Lipinski definition) is 1. The highest BCUT2D eigenvalue weighted by Crippen LogP contribution is 2.29. The van der Waals surface area contributed by atoms with E-state index in [4.69, 9.17) is 23.2 Å². The molecule has 0 aliphatic heterocycles. The highest BCUT2D eigenvalue weighted by molar-refractivity contribution is 6.30. The van der Waals surface area contributed by atoms with E-state index in [1.807, 2.05) is 0 Å². The minimum Gasteiger partial charge on any atom is -0.352 e. The molecular weight excluding hydrogens is 257 g/mol. The van der Waals surface area contributed by atoms with E-state index in [1.165, 1.54) is 0 Å². The van der Waals surface area contributed by atoms with Gasteiger partial charge >= 0.3 is 0 Å². The molecule has 1 aromatic carbocycles. The van der Waals surface area contributed by atoms with E-state index < -0.39 is 0 Å². The summed E-state index contributed by atoms with van der Waals surface area (Å²) in [5.41, 5.74) is 0.638. The van der Waals surface area contributed by atoms with Crippen LogP contribution in [0.3, 0.4) is 0 Å². The van der Waals surface area contributed by atoms with Gasteiger partial charge in [-0.15, -0.1) is 11.6 Å². The zero-order valence-electron chi connectivity index (χ0n) is 9.46. The summed E-state index contributed by atoms with van der Waals surface area (Å²) in [4.78, 5) is 11.8. The predicted octanol–water partition coefficient (Wildman–Crippen LogP) is 3.48. The van der Waals surface area contributed by atoms with Gasteiger partial charge in [-0.05, 0) is 43.0 Å². The third kappa shape index (κ3) is 3.36. The lowest BCUT2D eigenvalue weighted by Gasteiger charge is -2.14. The van der Waals surface area contributed by atoms with Crippen LogP contribution in [0.4, 0.5) is 0 Å². The Morgan fingerprint density at radius 3 is 2.59 bits per heavy atom. The molecular formula is C13H15Cl2NO. The molecule has 2 unspecified atom stereocenters. The molecule has 2 rings (SSSR count). The molecule has 0 saturated heterocycles. The molecule has 1 aromatic rings. The van der Waals surface area contributed by atoms with Crippen molar-refractivity contribution in [3.63, 3.8) is 0 Å². The number of alkyl halides is 1. The fraction of sp³-hybridized carbons (Fsp3) is 0.462. The number of nitrogens with one attached hydrogen (secondary N) is 1. The molecule has 2 atom stereocenters. The van der Waals surface area contributed by atoms with Crippen LogP contribution in [0.25, 0.3) is 0 Å². The Morgan fingerprint density at radius 1 is 1.29 bits per heavy atom. The second-order valence-electron chi connectivity index (χ2n) is 4.42. The van der Waals surface area contributed by atoms with E-state index in [2.05, 4.69) is 5.32 Å². The van der Waals surface area contributed by atoms with Crippen molar-refractivity contribution in [1.82, 2.24) is 5.32 Å². The molecule has 0 aromatic heterocycles. The molecule has 0 heterocycles. The van der Waals surface area contributed by atoms with Crippen molar-refractivity contribution in [2.75, 3.05) is 6.54 Å². The molecule has 17 heavy (non-hydrogen) atoms. The van der Waals surface area contributed by atoms with Crippen molar-refractivity contribution >= 4 is 29.1 Å². The molecule has 1 fully saturated rings. The highest BCUT2D eigenvalue weighted by Gasteiger charge is 2.25. The molecule has 4 heteroatoms. The van der Waals surface area contributed by atoms with Gasteiger partial charge < -0.3 is 5.32 Å². The fourth-order valence-electron chi connectivity index (χ4n) is 2.15. The lowest BCUT2D eigenvalue weighted by molar-refractivity contribution is 0.0947. The van der Waals surface area contributed by atoms with Crippen LogP contribution in [0.15, 0.2) is 24.3 Å². The summed E-state index contributed by atoms with van der Waals surface area (Å²) in [5, 5.41) is 3.77. The third-order valence-electron chi connectivity index (χ3n) is 3.20. The molecule has 2 nitrogen and oxygen atoms in total. The lowest BCUT2D eigenvalue weighted by Crippen LogP contribution is -2.31. The number of amides is 1. The Bertz CT molecular complexity index is 391. The van der Waals surface area contributed by atoms with Gasteiger partial charge in [0.2, 0.25) is 0 Å². The summed E-state index contributed by atoms with van der Waals surface area (Å²) in [7, 11) is 0. The first kappa shape index (κ1) is 12.7. The van der Waals surface area contributed by atoms with Crippen LogP contribution in [0.5, 0.6) is 0 Å². The summed E-state index contributed by atoms with van der Waals surface area (Å²) >= 11 is 11.9. The maximum atomic E-state index is 11.8. The van der Waals surface area contributed by atoms with E-state index in [-0.39, 0.29) is 11.3 Å². The van der Waals surface area contributed by atoms with Gasteiger partial charge in [-0.1, -0.05) is 18.0 Å². The maximum Gasteiger partial charge on any atom is 0.251 e. The van der Waals surface area contributed by atoms with E-state index in [1.54, 1.807) is 24.3 Å². The Balaban J connectivity index is 1.87. The summed E-state index contributed by atoms with van der Waals surface area (Å²) in [6.07, 6.45) is 3.33. The molecule has 1 aliphatic rings. The number of carbonyl (C=O) groups is 1. The van der Waals surface area contributed by atoms with Crippen molar-refractivity contribution < 1.29 is 4.79 Å². The number of carbonyl (C=O) groups excluding carboxylic acids is 1. The average Bonchev–Trinajstić information content (AvgIpc) is 2.73. The van der Waals surface area contributed by atoms with Gasteiger partial charge in [-0.3, -0.25) is 4.79 Å².